The molecule has 200 valence electrons. The van der Waals surface area contributed by atoms with Crippen LogP contribution in [0.2, 0.25) is 0 Å². The molecule has 1 aliphatic carbocycles. The Morgan fingerprint density at radius 3 is 2.49 bits per heavy atom. The van der Waals surface area contributed by atoms with E-state index in [-0.39, 0.29) is 23.3 Å². The van der Waals surface area contributed by atoms with Crippen LogP contribution in [0.4, 0.5) is 0 Å². The molecule has 5 rings (SSSR count). The van der Waals surface area contributed by atoms with E-state index in [0.29, 0.717) is 12.5 Å². The molecule has 3 heterocycles. The van der Waals surface area contributed by atoms with Crippen molar-refractivity contribution in [3.8, 4) is 5.75 Å². The van der Waals surface area contributed by atoms with Crippen LogP contribution in [0.1, 0.15) is 74.3 Å². The predicted octanol–water partition coefficient (Wildman–Crippen LogP) is 5.40. The minimum Gasteiger partial charge on any atom is -0.497 e. The van der Waals surface area contributed by atoms with Gasteiger partial charge in [-0.3, -0.25) is 9.59 Å². The van der Waals surface area contributed by atoms with E-state index in [1.165, 1.54) is 24.1 Å². The molecule has 1 unspecified atom stereocenters. The van der Waals surface area contributed by atoms with Crippen LogP contribution < -0.4 is 10.1 Å². The molecule has 2 saturated heterocycles. The number of amides is 2. The van der Waals surface area contributed by atoms with Gasteiger partial charge >= 0.3 is 0 Å². The molecule has 3 aliphatic rings. The van der Waals surface area contributed by atoms with E-state index >= 15 is 0 Å². The maximum Gasteiger partial charge on any atom is 0.229 e. The van der Waals surface area contributed by atoms with E-state index in [4.69, 9.17) is 4.74 Å². The summed E-state index contributed by atoms with van der Waals surface area (Å²) in [5.74, 6) is 1.60. The largest absolute Gasteiger partial charge is 0.497 e. The molecule has 7 heteroatoms. The summed E-state index contributed by atoms with van der Waals surface area (Å²) >= 11 is 1.73. The first-order chi connectivity index (χ1) is 18.1. The lowest BCUT2D eigenvalue weighted by atomic mass is 9.77. The fraction of sp³-hybridized carbons (Fsp3) is 0.600. The van der Waals surface area contributed by atoms with Crippen molar-refractivity contribution in [3.05, 3.63) is 52.2 Å². The molecule has 1 saturated carbocycles. The Balaban J connectivity index is 1.12. The summed E-state index contributed by atoms with van der Waals surface area (Å²) in [5.41, 5.74) is 0.962. The second-order valence-electron chi connectivity index (χ2n) is 11.1. The zero-order chi connectivity index (χ0) is 25.7. The number of nitrogens with zero attached hydrogens (tertiary/aromatic N) is 2. The number of piperidine rings is 1. The average Bonchev–Trinajstić information content (AvgIpc) is 3.58. The summed E-state index contributed by atoms with van der Waals surface area (Å²) in [7, 11) is 1.67. The van der Waals surface area contributed by atoms with Gasteiger partial charge in [-0.1, -0.05) is 37.5 Å². The summed E-state index contributed by atoms with van der Waals surface area (Å²) in [6, 6.07) is 12.3. The molecule has 1 N–H and O–H groups in total. The minimum atomic E-state index is -0.189. The molecule has 1 atom stereocenters. The summed E-state index contributed by atoms with van der Waals surface area (Å²) in [4.78, 5) is 32.2. The van der Waals surface area contributed by atoms with Gasteiger partial charge in [0.05, 0.1) is 18.6 Å². The third kappa shape index (κ3) is 6.20. The summed E-state index contributed by atoms with van der Waals surface area (Å²) in [6.45, 7) is 4.38. The van der Waals surface area contributed by atoms with Crippen LogP contribution in [0.15, 0.2) is 41.8 Å². The highest BCUT2D eigenvalue weighted by atomic mass is 32.1. The fourth-order valence-electron chi connectivity index (χ4n) is 6.40. The number of hydrogen-bond acceptors (Lipinski definition) is 5. The van der Waals surface area contributed by atoms with Crippen molar-refractivity contribution in [1.29, 1.82) is 0 Å². The van der Waals surface area contributed by atoms with Crippen LogP contribution in [-0.2, 0) is 16.1 Å². The zero-order valence-corrected chi connectivity index (χ0v) is 22.9. The van der Waals surface area contributed by atoms with Gasteiger partial charge in [0.15, 0.2) is 0 Å². The number of hydrogen-bond donors (Lipinski definition) is 1. The van der Waals surface area contributed by atoms with Crippen molar-refractivity contribution < 1.29 is 14.3 Å². The summed E-state index contributed by atoms with van der Waals surface area (Å²) in [6.07, 6.45) is 9.42. The fourth-order valence-corrected chi connectivity index (χ4v) is 7.22. The van der Waals surface area contributed by atoms with Gasteiger partial charge in [-0.2, -0.15) is 0 Å². The quantitative estimate of drug-likeness (QED) is 0.478. The van der Waals surface area contributed by atoms with Gasteiger partial charge in [-0.05, 0) is 80.8 Å². The summed E-state index contributed by atoms with van der Waals surface area (Å²) in [5, 5.41) is 5.50. The van der Waals surface area contributed by atoms with Gasteiger partial charge in [0, 0.05) is 30.4 Å². The highest BCUT2D eigenvalue weighted by molar-refractivity contribution is 7.10. The topological polar surface area (TPSA) is 61.9 Å². The number of likely N-dealkylation sites (tertiary alicyclic amines) is 2. The first-order valence-corrected chi connectivity index (χ1v) is 14.9. The molecular weight excluding hydrogens is 482 g/mol. The average molecular weight is 524 g/mol. The molecule has 1 aromatic carbocycles. The van der Waals surface area contributed by atoms with Gasteiger partial charge in [-0.15, -0.1) is 11.3 Å². The number of nitrogens with one attached hydrogen (secondary N) is 1. The van der Waals surface area contributed by atoms with Crippen LogP contribution in [0, 0.1) is 11.3 Å². The van der Waals surface area contributed by atoms with E-state index in [0.717, 1.165) is 76.0 Å². The monoisotopic (exact) mass is 523 g/mol. The summed E-state index contributed by atoms with van der Waals surface area (Å²) < 4.78 is 5.26. The normalized spacial score (nSPS) is 21.3. The van der Waals surface area contributed by atoms with Crippen molar-refractivity contribution in [2.24, 2.45) is 11.3 Å². The van der Waals surface area contributed by atoms with E-state index < -0.39 is 0 Å². The van der Waals surface area contributed by atoms with E-state index in [2.05, 4.69) is 39.9 Å². The first-order valence-electron chi connectivity index (χ1n) is 14.0. The van der Waals surface area contributed by atoms with Crippen LogP contribution in [-0.4, -0.2) is 54.9 Å². The lowest BCUT2D eigenvalue weighted by Gasteiger charge is -2.38. The number of benzene rings is 1. The van der Waals surface area contributed by atoms with Crippen molar-refractivity contribution in [1.82, 2.24) is 15.1 Å². The van der Waals surface area contributed by atoms with E-state index in [1.54, 1.807) is 18.4 Å². The Labute approximate surface area is 225 Å². The molecule has 1 spiro atoms. The second kappa shape index (κ2) is 12.0. The Morgan fingerprint density at radius 2 is 1.81 bits per heavy atom. The SMILES string of the molecule is COc1ccc(CN2CCC3(CCN(CCC(NC(=O)C4CCCCC4)c4cccs4)CC3)C2=O)cc1. The number of methoxy groups -OCH3 is 1. The molecule has 2 aromatic rings. The van der Waals surface area contributed by atoms with Gasteiger partial charge in [-0.25, -0.2) is 0 Å². The molecule has 0 bridgehead atoms. The highest BCUT2D eigenvalue weighted by Crippen LogP contribution is 2.42. The van der Waals surface area contributed by atoms with Crippen molar-refractivity contribution in [2.45, 2.75) is 70.4 Å². The minimum absolute atomic E-state index is 0.0819. The first kappa shape index (κ1) is 26.2. The van der Waals surface area contributed by atoms with Gasteiger partial charge in [0.25, 0.3) is 0 Å². The van der Waals surface area contributed by atoms with Crippen LogP contribution in [0.25, 0.3) is 0 Å². The smallest absolute Gasteiger partial charge is 0.229 e. The predicted molar refractivity (Wildman–Crippen MR) is 148 cm³/mol. The third-order valence-electron chi connectivity index (χ3n) is 8.86. The Hall–Kier alpha value is -2.38. The highest BCUT2D eigenvalue weighted by Gasteiger charge is 2.47. The van der Waals surface area contributed by atoms with Crippen LogP contribution >= 0.6 is 11.3 Å². The van der Waals surface area contributed by atoms with E-state index in [9.17, 15) is 9.59 Å². The lowest BCUT2D eigenvalue weighted by molar-refractivity contribution is -0.139. The second-order valence-corrected chi connectivity index (χ2v) is 12.1. The van der Waals surface area contributed by atoms with Gasteiger partial charge in [0.2, 0.25) is 11.8 Å². The number of carbonyl (C=O) groups excluding carboxylic acids is 2. The molecule has 2 aliphatic heterocycles. The van der Waals surface area contributed by atoms with Crippen molar-refractivity contribution in [2.75, 3.05) is 33.3 Å². The molecule has 0 radical (unpaired) electrons. The number of carbonyl (C=O) groups is 2. The van der Waals surface area contributed by atoms with Crippen molar-refractivity contribution in [3.63, 3.8) is 0 Å². The van der Waals surface area contributed by atoms with Gasteiger partial charge in [0.1, 0.15) is 5.75 Å². The van der Waals surface area contributed by atoms with Crippen LogP contribution in [0.5, 0.6) is 5.75 Å². The van der Waals surface area contributed by atoms with E-state index in [1.807, 2.05) is 17.0 Å². The number of ether oxygens (including phenoxy) is 1. The lowest BCUT2D eigenvalue weighted by Crippen LogP contribution is -2.45. The van der Waals surface area contributed by atoms with Gasteiger partial charge < -0.3 is 19.9 Å². The maximum atomic E-state index is 13.4. The zero-order valence-electron chi connectivity index (χ0n) is 22.1. The molecule has 2 amide bonds. The number of rotatable bonds is 9. The molecule has 6 nitrogen and oxygen atoms in total. The standard InChI is InChI=1S/C30H41N3O3S/c1-36-25-11-9-23(10-12-25)22-33-20-16-30(29(33)35)14-18-32(19-15-30)17-13-26(27-8-5-21-37-27)31-28(34)24-6-3-2-4-7-24/h5,8-12,21,24,26H,2-4,6-7,13-20,22H2,1H3,(H,31,34). The Morgan fingerprint density at radius 1 is 1.08 bits per heavy atom. The maximum absolute atomic E-state index is 13.4. The van der Waals surface area contributed by atoms with Crippen LogP contribution in [0.3, 0.4) is 0 Å². The molecule has 37 heavy (non-hydrogen) atoms. The molecular formula is C30H41N3O3S. The Bertz CT molecular complexity index is 1020. The van der Waals surface area contributed by atoms with Crippen molar-refractivity contribution >= 4 is 23.2 Å². The third-order valence-corrected chi connectivity index (χ3v) is 9.85. The Kier molecular flexibility index (Phi) is 8.50. The number of thiophene rings is 1. The molecule has 1 aromatic heterocycles. The molecule has 3 fully saturated rings.